The van der Waals surface area contributed by atoms with Gasteiger partial charge in [0, 0.05) is 30.0 Å². The van der Waals surface area contributed by atoms with Gasteiger partial charge in [-0.05, 0) is 20.8 Å². The molecule has 0 aliphatic heterocycles. The van der Waals surface area contributed by atoms with E-state index in [0.29, 0.717) is 5.15 Å². The molecule has 0 aromatic carbocycles. The monoisotopic (exact) mass is 271 g/mol. The second-order valence-electron chi connectivity index (χ2n) is 5.93. The molecule has 0 saturated heterocycles. The van der Waals surface area contributed by atoms with E-state index in [1.165, 1.54) is 0 Å². The van der Waals surface area contributed by atoms with Crippen molar-refractivity contribution in [2.75, 3.05) is 0 Å². The lowest BCUT2D eigenvalue weighted by molar-refractivity contribution is -0.129. The van der Waals surface area contributed by atoms with E-state index in [4.69, 9.17) is 17.3 Å². The molecule has 0 atom stereocenters. The van der Waals surface area contributed by atoms with E-state index >= 15 is 0 Å². The van der Waals surface area contributed by atoms with Crippen LogP contribution in [0.5, 0.6) is 0 Å². The maximum Gasteiger partial charge on any atom is 0.144 e. The first-order chi connectivity index (χ1) is 7.98. The van der Waals surface area contributed by atoms with Gasteiger partial charge in [0.2, 0.25) is 0 Å². The van der Waals surface area contributed by atoms with Crippen LogP contribution in [0.15, 0.2) is 0 Å². The summed E-state index contributed by atoms with van der Waals surface area (Å²) in [4.78, 5) is 12.4. The van der Waals surface area contributed by atoms with Crippen LogP contribution in [-0.2, 0) is 18.3 Å². The molecule has 0 aliphatic rings. The minimum atomic E-state index is -0.612. The average Bonchev–Trinajstić information content (AvgIpc) is 2.43. The Kier molecular flexibility index (Phi) is 3.94. The summed E-state index contributed by atoms with van der Waals surface area (Å²) in [5, 5.41) is 4.73. The number of hydrogen-bond acceptors (Lipinski definition) is 3. The fraction of sp³-hybridized carbons (Fsp3) is 0.692. The second-order valence-corrected chi connectivity index (χ2v) is 6.28. The summed E-state index contributed by atoms with van der Waals surface area (Å²) in [6.07, 6.45) is 0.270. The maximum absolute atomic E-state index is 12.4. The summed E-state index contributed by atoms with van der Waals surface area (Å²) in [7, 11) is 1.77. The van der Waals surface area contributed by atoms with Gasteiger partial charge in [-0.3, -0.25) is 9.48 Å². The molecule has 0 fully saturated rings. The van der Waals surface area contributed by atoms with E-state index in [2.05, 4.69) is 5.10 Å². The predicted octanol–water partition coefficient (Wildman–Crippen LogP) is 2.26. The molecule has 0 spiro atoms. The third kappa shape index (κ3) is 2.59. The second kappa shape index (κ2) is 4.67. The van der Waals surface area contributed by atoms with Crippen LogP contribution in [0.3, 0.4) is 0 Å². The van der Waals surface area contributed by atoms with Crippen molar-refractivity contribution in [3.05, 3.63) is 16.4 Å². The lowest BCUT2D eigenvalue weighted by Crippen LogP contribution is -2.52. The number of carbonyl (C=O) groups excluding carboxylic acids is 1. The lowest BCUT2D eigenvalue weighted by atomic mass is 9.71. The van der Waals surface area contributed by atoms with Crippen LogP contribution >= 0.6 is 11.6 Å². The molecule has 1 heterocycles. The first-order valence-corrected chi connectivity index (χ1v) is 6.36. The van der Waals surface area contributed by atoms with Gasteiger partial charge in [-0.1, -0.05) is 25.4 Å². The number of carbonyl (C=O) groups is 1. The number of aryl methyl sites for hydroxylation is 2. The number of rotatable bonds is 4. The molecular weight excluding hydrogens is 250 g/mol. The predicted molar refractivity (Wildman–Crippen MR) is 73.7 cm³/mol. The van der Waals surface area contributed by atoms with Crippen molar-refractivity contribution >= 4 is 17.4 Å². The molecule has 0 radical (unpaired) electrons. The number of halogens is 1. The maximum atomic E-state index is 12.4. The summed E-state index contributed by atoms with van der Waals surface area (Å²) < 4.78 is 1.58. The molecule has 0 aliphatic carbocycles. The van der Waals surface area contributed by atoms with Gasteiger partial charge in [-0.25, -0.2) is 0 Å². The van der Waals surface area contributed by atoms with Crippen molar-refractivity contribution < 1.29 is 4.79 Å². The van der Waals surface area contributed by atoms with Crippen LogP contribution < -0.4 is 5.73 Å². The molecule has 1 aromatic heterocycles. The highest BCUT2D eigenvalue weighted by atomic mass is 35.5. The molecule has 18 heavy (non-hydrogen) atoms. The Hall–Kier alpha value is -0.870. The van der Waals surface area contributed by atoms with Gasteiger partial charge in [0.15, 0.2) is 0 Å². The highest BCUT2D eigenvalue weighted by Gasteiger charge is 2.40. The van der Waals surface area contributed by atoms with Gasteiger partial charge in [0.25, 0.3) is 0 Å². The number of ketones is 1. The van der Waals surface area contributed by atoms with Crippen molar-refractivity contribution in [2.24, 2.45) is 18.2 Å². The number of nitrogens with zero attached hydrogens (tertiary/aromatic N) is 2. The molecule has 1 rings (SSSR count). The van der Waals surface area contributed by atoms with E-state index in [-0.39, 0.29) is 12.2 Å². The molecule has 5 heteroatoms. The number of nitrogens with two attached hydrogens (primary N) is 1. The summed E-state index contributed by atoms with van der Waals surface area (Å²) in [5.41, 5.74) is 6.47. The van der Waals surface area contributed by atoms with Crippen LogP contribution in [0.4, 0.5) is 0 Å². The van der Waals surface area contributed by atoms with Crippen LogP contribution in [0.2, 0.25) is 5.15 Å². The van der Waals surface area contributed by atoms with Gasteiger partial charge in [-0.15, -0.1) is 0 Å². The van der Waals surface area contributed by atoms with Crippen molar-refractivity contribution in [2.45, 2.75) is 46.6 Å². The van der Waals surface area contributed by atoms with E-state index in [1.54, 1.807) is 11.7 Å². The molecule has 1 aromatic rings. The summed E-state index contributed by atoms with van der Waals surface area (Å²) in [5.74, 6) is 0.0769. The largest absolute Gasteiger partial charge is 0.325 e. The summed E-state index contributed by atoms with van der Waals surface area (Å²) in [6.45, 7) is 9.32. The Balaban J connectivity index is 3.02. The molecular formula is C13H22ClN3O. The number of aromatic nitrogens is 2. The quantitative estimate of drug-likeness (QED) is 0.914. The summed E-state index contributed by atoms with van der Waals surface area (Å²) >= 11 is 6.14. The Labute approximate surface area is 113 Å². The van der Waals surface area contributed by atoms with Crippen LogP contribution in [0, 0.1) is 12.3 Å². The Morgan fingerprint density at radius 1 is 1.39 bits per heavy atom. The average molecular weight is 272 g/mol. The van der Waals surface area contributed by atoms with Crippen LogP contribution in [-0.4, -0.2) is 21.1 Å². The first kappa shape index (κ1) is 15.2. The Morgan fingerprint density at radius 3 is 2.22 bits per heavy atom. The molecule has 102 valence electrons. The van der Waals surface area contributed by atoms with E-state index < -0.39 is 11.0 Å². The molecule has 0 amide bonds. The number of Topliss-reactive ketones (excluding diaryl/α,β-unsaturated/α-hetero) is 1. The van der Waals surface area contributed by atoms with Crippen molar-refractivity contribution in [3.8, 4) is 0 Å². The Morgan fingerprint density at radius 2 is 1.89 bits per heavy atom. The first-order valence-electron chi connectivity index (χ1n) is 5.98. The van der Waals surface area contributed by atoms with Gasteiger partial charge >= 0.3 is 0 Å². The highest BCUT2D eigenvalue weighted by molar-refractivity contribution is 6.30. The van der Waals surface area contributed by atoms with Gasteiger partial charge in [0.1, 0.15) is 10.9 Å². The lowest BCUT2D eigenvalue weighted by Gasteiger charge is -2.37. The fourth-order valence-electron chi connectivity index (χ4n) is 1.62. The van der Waals surface area contributed by atoms with Crippen LogP contribution in [0.1, 0.15) is 39.0 Å². The third-order valence-corrected chi connectivity index (χ3v) is 4.39. The normalized spacial score (nSPS) is 12.9. The highest BCUT2D eigenvalue weighted by Crippen LogP contribution is 2.32. The molecule has 0 unspecified atom stereocenters. The van der Waals surface area contributed by atoms with Crippen molar-refractivity contribution in [1.29, 1.82) is 0 Å². The minimum absolute atomic E-state index is 0.0769. The van der Waals surface area contributed by atoms with Crippen molar-refractivity contribution in [1.82, 2.24) is 9.78 Å². The van der Waals surface area contributed by atoms with Gasteiger partial charge in [-0.2, -0.15) is 5.10 Å². The minimum Gasteiger partial charge on any atom is -0.325 e. The van der Waals surface area contributed by atoms with Gasteiger partial charge < -0.3 is 5.73 Å². The topological polar surface area (TPSA) is 60.9 Å². The zero-order valence-electron chi connectivity index (χ0n) is 12.0. The van der Waals surface area contributed by atoms with Crippen LogP contribution in [0.25, 0.3) is 0 Å². The smallest absolute Gasteiger partial charge is 0.144 e. The molecule has 2 N–H and O–H groups in total. The zero-order valence-corrected chi connectivity index (χ0v) is 12.7. The SMILES string of the molecule is Cc1nn(C)c(Cl)c1CC(=O)C(C)(C)C(C)(C)N. The zero-order chi connectivity index (χ0) is 14.3. The Bertz CT molecular complexity index is 469. The van der Waals surface area contributed by atoms with E-state index in [1.807, 2.05) is 34.6 Å². The third-order valence-electron chi connectivity index (χ3n) is 3.92. The van der Waals surface area contributed by atoms with Gasteiger partial charge in [0.05, 0.1) is 5.69 Å². The standard InChI is InChI=1S/C13H22ClN3O/c1-8-9(11(14)17(6)16-8)7-10(18)12(2,3)13(4,5)15/h7,15H2,1-6H3. The molecule has 0 bridgehead atoms. The fourth-order valence-corrected chi connectivity index (χ4v) is 1.86. The molecule has 0 saturated carbocycles. The van der Waals surface area contributed by atoms with Crippen molar-refractivity contribution in [3.63, 3.8) is 0 Å². The van der Waals surface area contributed by atoms with E-state index in [0.717, 1.165) is 11.3 Å². The number of hydrogen-bond donors (Lipinski definition) is 1. The molecule has 4 nitrogen and oxygen atoms in total. The van der Waals surface area contributed by atoms with E-state index in [9.17, 15) is 4.79 Å². The summed E-state index contributed by atoms with van der Waals surface area (Å²) in [6, 6.07) is 0.